The number of nitrogens with zero attached hydrogens (tertiary/aromatic N) is 2. The second kappa shape index (κ2) is 3.20. The summed E-state index contributed by atoms with van der Waals surface area (Å²) in [5.41, 5.74) is 2.89. The highest BCUT2D eigenvalue weighted by Gasteiger charge is 2.01. The van der Waals surface area contributed by atoms with Gasteiger partial charge in [0, 0.05) is 23.5 Å². The monoisotopic (exact) mass is 178 g/mol. The van der Waals surface area contributed by atoms with Gasteiger partial charge in [-0.2, -0.15) is 0 Å². The molecule has 1 aromatic heterocycles. The maximum absolute atomic E-state index is 5.32. The Labute approximate surface area is 82.0 Å². The number of rotatable bonds is 0. The Morgan fingerprint density at radius 1 is 0.857 bits per heavy atom. The van der Waals surface area contributed by atoms with E-state index in [9.17, 15) is 0 Å². The van der Waals surface area contributed by atoms with Crippen molar-refractivity contribution in [2.75, 3.05) is 0 Å². The molecule has 0 spiro atoms. The Morgan fingerprint density at radius 2 is 1.29 bits per heavy atom. The summed E-state index contributed by atoms with van der Waals surface area (Å²) in [6.07, 6.45) is 13.9. The summed E-state index contributed by atoms with van der Waals surface area (Å²) in [5.74, 6) is 5.06. The topological polar surface area (TPSA) is 25.8 Å². The zero-order valence-corrected chi connectivity index (χ0v) is 7.36. The van der Waals surface area contributed by atoms with Crippen LogP contribution >= 0.6 is 0 Å². The molecule has 0 amide bonds. The van der Waals surface area contributed by atoms with E-state index in [1.807, 2.05) is 0 Å². The van der Waals surface area contributed by atoms with Crippen molar-refractivity contribution in [2.45, 2.75) is 0 Å². The average molecular weight is 178 g/mol. The molecule has 2 rings (SSSR count). The molecule has 1 aromatic carbocycles. The highest BCUT2D eigenvalue weighted by Crippen LogP contribution is 2.14. The van der Waals surface area contributed by atoms with Crippen molar-refractivity contribution in [1.82, 2.24) is 9.97 Å². The fourth-order valence-corrected chi connectivity index (χ4v) is 1.25. The third-order valence-corrected chi connectivity index (χ3v) is 1.92. The molecular weight excluding hydrogens is 172 g/mol. The van der Waals surface area contributed by atoms with Crippen LogP contribution in [0.5, 0.6) is 0 Å². The number of aromatic nitrogens is 2. The Hall–Kier alpha value is -2.32. The zero-order chi connectivity index (χ0) is 9.97. The van der Waals surface area contributed by atoms with Crippen molar-refractivity contribution in [1.29, 1.82) is 0 Å². The molecule has 0 radical (unpaired) electrons. The summed E-state index contributed by atoms with van der Waals surface area (Å²) in [6, 6.07) is 3.55. The lowest BCUT2D eigenvalue weighted by Crippen LogP contribution is -1.88. The number of terminal acetylenes is 2. The molecule has 0 aliphatic rings. The SMILES string of the molecule is C#Cc1cc2nccnc2cc1C#C. The predicted octanol–water partition coefficient (Wildman–Crippen LogP) is 1.59. The first-order valence-electron chi connectivity index (χ1n) is 4.03. The fourth-order valence-electron chi connectivity index (χ4n) is 1.25. The van der Waals surface area contributed by atoms with Gasteiger partial charge in [0.2, 0.25) is 0 Å². The molecule has 2 nitrogen and oxygen atoms in total. The van der Waals surface area contributed by atoms with E-state index in [1.54, 1.807) is 24.5 Å². The maximum atomic E-state index is 5.32. The van der Waals surface area contributed by atoms with Crippen molar-refractivity contribution in [3.63, 3.8) is 0 Å². The van der Waals surface area contributed by atoms with Gasteiger partial charge >= 0.3 is 0 Å². The predicted molar refractivity (Wildman–Crippen MR) is 55.4 cm³/mol. The molecule has 0 saturated carbocycles. The minimum Gasteiger partial charge on any atom is -0.253 e. The van der Waals surface area contributed by atoms with E-state index < -0.39 is 0 Å². The van der Waals surface area contributed by atoms with Crippen LogP contribution in [0.2, 0.25) is 0 Å². The summed E-state index contributed by atoms with van der Waals surface area (Å²) in [7, 11) is 0. The van der Waals surface area contributed by atoms with E-state index in [-0.39, 0.29) is 0 Å². The van der Waals surface area contributed by atoms with Crippen LogP contribution in [-0.2, 0) is 0 Å². The first-order chi connectivity index (χ1) is 6.85. The van der Waals surface area contributed by atoms with Gasteiger partial charge in [-0.25, -0.2) is 0 Å². The molecule has 14 heavy (non-hydrogen) atoms. The molecule has 2 heteroatoms. The van der Waals surface area contributed by atoms with E-state index in [2.05, 4.69) is 21.8 Å². The van der Waals surface area contributed by atoms with Crippen LogP contribution in [0.1, 0.15) is 11.1 Å². The number of hydrogen-bond acceptors (Lipinski definition) is 2. The van der Waals surface area contributed by atoms with E-state index in [0.29, 0.717) is 11.1 Å². The van der Waals surface area contributed by atoms with Gasteiger partial charge in [-0.05, 0) is 12.1 Å². The van der Waals surface area contributed by atoms with E-state index in [1.165, 1.54) is 0 Å². The van der Waals surface area contributed by atoms with Gasteiger partial charge in [-0.3, -0.25) is 9.97 Å². The molecule has 0 aliphatic heterocycles. The molecule has 1 heterocycles. The lowest BCUT2D eigenvalue weighted by atomic mass is 10.1. The van der Waals surface area contributed by atoms with Crippen LogP contribution in [0.25, 0.3) is 11.0 Å². The largest absolute Gasteiger partial charge is 0.253 e. The normalized spacial score (nSPS) is 9.29. The number of benzene rings is 1. The van der Waals surface area contributed by atoms with Crippen molar-refractivity contribution >= 4 is 11.0 Å². The van der Waals surface area contributed by atoms with Crippen molar-refractivity contribution in [2.24, 2.45) is 0 Å². The summed E-state index contributed by atoms with van der Waals surface area (Å²) in [4.78, 5) is 8.28. The molecule has 0 bridgehead atoms. The molecular formula is C12H6N2. The number of hydrogen-bond donors (Lipinski definition) is 0. The van der Waals surface area contributed by atoms with Crippen molar-refractivity contribution in [3.8, 4) is 24.7 Å². The first-order valence-corrected chi connectivity index (χ1v) is 4.03. The summed E-state index contributed by atoms with van der Waals surface area (Å²) in [6.45, 7) is 0. The average Bonchev–Trinajstić information content (AvgIpc) is 2.27. The zero-order valence-electron chi connectivity index (χ0n) is 7.36. The van der Waals surface area contributed by atoms with E-state index in [0.717, 1.165) is 11.0 Å². The summed E-state index contributed by atoms with van der Waals surface area (Å²) >= 11 is 0. The van der Waals surface area contributed by atoms with Gasteiger partial charge < -0.3 is 0 Å². The molecule has 0 saturated heterocycles. The minimum absolute atomic E-state index is 0.681. The van der Waals surface area contributed by atoms with Gasteiger partial charge in [0.1, 0.15) is 0 Å². The van der Waals surface area contributed by atoms with Crippen LogP contribution in [0.15, 0.2) is 24.5 Å². The third-order valence-electron chi connectivity index (χ3n) is 1.92. The lowest BCUT2D eigenvalue weighted by molar-refractivity contribution is 1.29. The Morgan fingerprint density at radius 3 is 1.64 bits per heavy atom. The quantitative estimate of drug-likeness (QED) is 0.572. The Bertz CT molecular complexity index is 518. The smallest absolute Gasteiger partial charge is 0.0900 e. The van der Waals surface area contributed by atoms with E-state index in [4.69, 9.17) is 12.8 Å². The minimum atomic E-state index is 0.681. The van der Waals surface area contributed by atoms with Crippen LogP contribution in [-0.4, -0.2) is 9.97 Å². The fraction of sp³-hybridized carbons (Fsp3) is 0. The van der Waals surface area contributed by atoms with Crippen molar-refractivity contribution in [3.05, 3.63) is 35.7 Å². The van der Waals surface area contributed by atoms with Gasteiger partial charge in [-0.1, -0.05) is 11.8 Å². The highest BCUT2D eigenvalue weighted by molar-refractivity contribution is 5.78. The summed E-state index contributed by atoms with van der Waals surface area (Å²) < 4.78 is 0. The molecule has 0 N–H and O–H groups in total. The van der Waals surface area contributed by atoms with Crippen LogP contribution < -0.4 is 0 Å². The summed E-state index contributed by atoms with van der Waals surface area (Å²) in [5, 5.41) is 0. The third kappa shape index (κ3) is 1.20. The molecule has 64 valence electrons. The van der Waals surface area contributed by atoms with Gasteiger partial charge in [-0.15, -0.1) is 12.8 Å². The van der Waals surface area contributed by atoms with E-state index >= 15 is 0 Å². The first kappa shape index (κ1) is 8.29. The lowest BCUT2D eigenvalue weighted by Gasteiger charge is -1.99. The van der Waals surface area contributed by atoms with Crippen LogP contribution in [0.3, 0.4) is 0 Å². The molecule has 2 aromatic rings. The second-order valence-electron chi connectivity index (χ2n) is 2.73. The Kier molecular flexibility index (Phi) is 1.89. The molecule has 0 aliphatic carbocycles. The van der Waals surface area contributed by atoms with Crippen LogP contribution in [0.4, 0.5) is 0 Å². The maximum Gasteiger partial charge on any atom is 0.0900 e. The van der Waals surface area contributed by atoms with Gasteiger partial charge in [0.15, 0.2) is 0 Å². The molecule has 0 atom stereocenters. The van der Waals surface area contributed by atoms with Crippen LogP contribution in [0, 0.1) is 24.7 Å². The molecule has 0 unspecified atom stereocenters. The van der Waals surface area contributed by atoms with Crippen molar-refractivity contribution < 1.29 is 0 Å². The van der Waals surface area contributed by atoms with Gasteiger partial charge in [0.05, 0.1) is 11.0 Å². The van der Waals surface area contributed by atoms with Gasteiger partial charge in [0.25, 0.3) is 0 Å². The second-order valence-corrected chi connectivity index (χ2v) is 2.73. The number of fused-ring (bicyclic) bond motifs is 1. The standard InChI is InChI=1S/C12H6N2/c1-3-9-7-11-12(8-10(9)4-2)14-6-5-13-11/h1-2,5-8H. The Balaban J connectivity index is 2.85. The molecule has 0 fully saturated rings. The highest BCUT2D eigenvalue weighted by atomic mass is 14.8.